The number of para-hydroxylation sites is 1. The number of aliphatic imine (C=N–C) groups is 2. The fourth-order valence-electron chi connectivity index (χ4n) is 1.64. The Morgan fingerprint density at radius 2 is 2.05 bits per heavy atom. The number of nitrogens with zero attached hydrogens (tertiary/aromatic N) is 4. The summed E-state index contributed by atoms with van der Waals surface area (Å²) in [5, 5.41) is 4.71. The van der Waals surface area contributed by atoms with Gasteiger partial charge < -0.3 is 17.2 Å². The Hall–Kier alpha value is -2.54. The van der Waals surface area contributed by atoms with Crippen molar-refractivity contribution in [3.63, 3.8) is 0 Å². The van der Waals surface area contributed by atoms with Crippen LogP contribution in [0.2, 0.25) is 5.02 Å². The first-order chi connectivity index (χ1) is 9.47. The van der Waals surface area contributed by atoms with Crippen molar-refractivity contribution in [2.75, 3.05) is 0 Å². The molecule has 0 saturated heterocycles. The van der Waals surface area contributed by atoms with E-state index >= 15 is 0 Å². The Morgan fingerprint density at radius 3 is 2.65 bits per heavy atom. The highest BCUT2D eigenvalue weighted by molar-refractivity contribution is 6.33. The lowest BCUT2D eigenvalue weighted by atomic mass is 10.2. The van der Waals surface area contributed by atoms with Crippen LogP contribution in [0, 0.1) is 6.92 Å². The van der Waals surface area contributed by atoms with Crippen LogP contribution in [0.25, 0.3) is 5.69 Å². The molecule has 0 atom stereocenters. The SMILES string of the molecule is Cc1cnn(-c2c(Cl)cccc2N=C(N)N=C(N)N)c1. The molecule has 0 aliphatic heterocycles. The van der Waals surface area contributed by atoms with Gasteiger partial charge in [-0.2, -0.15) is 10.1 Å². The molecule has 0 aliphatic carbocycles. The molecule has 0 aliphatic rings. The number of guanidine groups is 2. The third-order valence-corrected chi connectivity index (χ3v) is 2.69. The monoisotopic (exact) mass is 291 g/mol. The topological polar surface area (TPSA) is 121 Å². The van der Waals surface area contributed by atoms with E-state index in [1.807, 2.05) is 13.1 Å². The lowest BCUT2D eigenvalue weighted by molar-refractivity contribution is 0.880. The Bertz CT molecular complexity index is 683. The smallest absolute Gasteiger partial charge is 0.223 e. The molecule has 1 aromatic heterocycles. The van der Waals surface area contributed by atoms with Crippen LogP contribution in [-0.4, -0.2) is 21.7 Å². The van der Waals surface area contributed by atoms with Crippen LogP contribution in [0.1, 0.15) is 5.56 Å². The van der Waals surface area contributed by atoms with Gasteiger partial charge in [-0.05, 0) is 24.6 Å². The fourth-order valence-corrected chi connectivity index (χ4v) is 1.89. The Balaban J connectivity index is 2.55. The van der Waals surface area contributed by atoms with Crippen LogP contribution in [0.5, 0.6) is 0 Å². The van der Waals surface area contributed by atoms with Crippen molar-refractivity contribution in [3.05, 3.63) is 41.2 Å². The van der Waals surface area contributed by atoms with Gasteiger partial charge in [0.25, 0.3) is 0 Å². The van der Waals surface area contributed by atoms with Crippen molar-refractivity contribution in [1.29, 1.82) is 0 Å². The zero-order chi connectivity index (χ0) is 14.7. The van der Waals surface area contributed by atoms with Crippen molar-refractivity contribution >= 4 is 29.2 Å². The number of aryl methyl sites for hydroxylation is 1. The van der Waals surface area contributed by atoms with Crippen molar-refractivity contribution in [1.82, 2.24) is 9.78 Å². The molecule has 1 heterocycles. The Morgan fingerprint density at radius 1 is 1.30 bits per heavy atom. The lowest BCUT2D eigenvalue weighted by Gasteiger charge is -2.08. The zero-order valence-electron chi connectivity index (χ0n) is 10.8. The summed E-state index contributed by atoms with van der Waals surface area (Å²) < 4.78 is 1.62. The molecule has 20 heavy (non-hydrogen) atoms. The minimum Gasteiger partial charge on any atom is -0.370 e. The molecule has 8 heteroatoms. The highest BCUT2D eigenvalue weighted by Crippen LogP contribution is 2.30. The van der Waals surface area contributed by atoms with Crippen LogP contribution in [0.4, 0.5) is 5.69 Å². The van der Waals surface area contributed by atoms with Crippen molar-refractivity contribution in [2.24, 2.45) is 27.2 Å². The first-order valence-electron chi connectivity index (χ1n) is 5.71. The molecular formula is C12H14ClN7. The number of nitrogens with two attached hydrogens (primary N) is 3. The van der Waals surface area contributed by atoms with Gasteiger partial charge in [0.1, 0.15) is 5.69 Å². The van der Waals surface area contributed by atoms with Gasteiger partial charge in [-0.3, -0.25) is 0 Å². The maximum atomic E-state index is 6.21. The molecule has 1 aromatic carbocycles. The molecular weight excluding hydrogens is 278 g/mol. The van der Waals surface area contributed by atoms with Gasteiger partial charge in [-0.25, -0.2) is 9.67 Å². The molecule has 0 spiro atoms. The summed E-state index contributed by atoms with van der Waals surface area (Å²) in [5.41, 5.74) is 18.3. The second-order valence-electron chi connectivity index (χ2n) is 4.08. The zero-order valence-corrected chi connectivity index (χ0v) is 11.5. The maximum absolute atomic E-state index is 6.21. The molecule has 0 fully saturated rings. The first-order valence-corrected chi connectivity index (χ1v) is 6.09. The van der Waals surface area contributed by atoms with Gasteiger partial charge in [-0.1, -0.05) is 17.7 Å². The third-order valence-electron chi connectivity index (χ3n) is 2.38. The molecule has 6 N–H and O–H groups in total. The Kier molecular flexibility index (Phi) is 3.90. The van der Waals surface area contributed by atoms with Gasteiger partial charge in [0.05, 0.1) is 16.9 Å². The van der Waals surface area contributed by atoms with Crippen LogP contribution >= 0.6 is 11.6 Å². The minimum absolute atomic E-state index is 0.0580. The predicted octanol–water partition coefficient (Wildman–Crippen LogP) is 1.05. The average Bonchev–Trinajstić information content (AvgIpc) is 2.74. The van der Waals surface area contributed by atoms with E-state index in [4.69, 9.17) is 28.8 Å². The number of rotatable bonds is 2. The average molecular weight is 292 g/mol. The van der Waals surface area contributed by atoms with Crippen molar-refractivity contribution < 1.29 is 0 Å². The highest BCUT2D eigenvalue weighted by atomic mass is 35.5. The quantitative estimate of drug-likeness (QED) is 0.565. The molecule has 0 saturated carbocycles. The molecule has 2 aromatic rings. The minimum atomic E-state index is -0.162. The summed E-state index contributed by atoms with van der Waals surface area (Å²) >= 11 is 6.21. The van der Waals surface area contributed by atoms with Crippen molar-refractivity contribution in [3.8, 4) is 5.69 Å². The van der Waals surface area contributed by atoms with E-state index in [1.54, 1.807) is 29.1 Å². The van der Waals surface area contributed by atoms with E-state index in [0.717, 1.165) is 5.56 Å². The van der Waals surface area contributed by atoms with Gasteiger partial charge in [0, 0.05) is 6.20 Å². The number of halogens is 1. The number of hydrogen-bond donors (Lipinski definition) is 3. The second kappa shape index (κ2) is 5.62. The van der Waals surface area contributed by atoms with Gasteiger partial charge in [0.15, 0.2) is 5.96 Å². The largest absolute Gasteiger partial charge is 0.370 e. The third kappa shape index (κ3) is 3.07. The van der Waals surface area contributed by atoms with Crippen LogP contribution in [-0.2, 0) is 0 Å². The number of hydrogen-bond acceptors (Lipinski definition) is 2. The molecule has 7 nitrogen and oxygen atoms in total. The van der Waals surface area contributed by atoms with E-state index in [9.17, 15) is 0 Å². The van der Waals surface area contributed by atoms with Crippen molar-refractivity contribution in [2.45, 2.75) is 6.92 Å². The van der Waals surface area contributed by atoms with E-state index in [0.29, 0.717) is 16.4 Å². The van der Waals surface area contributed by atoms with E-state index in [2.05, 4.69) is 15.1 Å². The standard InChI is InChI=1S/C12H14ClN7/c1-7-5-17-20(6-7)10-8(13)3-2-4-9(10)18-12(16)19-11(14)15/h2-6H,1H3,(H6,14,15,16,18,19). The van der Waals surface area contributed by atoms with Crippen LogP contribution in [0.3, 0.4) is 0 Å². The van der Waals surface area contributed by atoms with Gasteiger partial charge in [0.2, 0.25) is 5.96 Å². The molecule has 0 unspecified atom stereocenters. The number of benzene rings is 1. The molecule has 0 amide bonds. The summed E-state index contributed by atoms with van der Waals surface area (Å²) in [6, 6.07) is 5.24. The molecule has 0 bridgehead atoms. The summed E-state index contributed by atoms with van der Waals surface area (Å²) in [4.78, 5) is 7.82. The summed E-state index contributed by atoms with van der Waals surface area (Å²) in [6.07, 6.45) is 3.55. The van der Waals surface area contributed by atoms with Crippen LogP contribution < -0.4 is 17.2 Å². The van der Waals surface area contributed by atoms with E-state index < -0.39 is 0 Å². The molecule has 104 valence electrons. The number of aromatic nitrogens is 2. The van der Waals surface area contributed by atoms with Crippen LogP contribution in [0.15, 0.2) is 40.6 Å². The summed E-state index contributed by atoms with van der Waals surface area (Å²) in [5.74, 6) is -0.220. The lowest BCUT2D eigenvalue weighted by Crippen LogP contribution is -2.26. The molecule has 2 rings (SSSR count). The van der Waals surface area contributed by atoms with E-state index in [-0.39, 0.29) is 11.9 Å². The first kappa shape index (κ1) is 13.9. The fraction of sp³-hybridized carbons (Fsp3) is 0.0833. The maximum Gasteiger partial charge on any atom is 0.223 e. The van der Waals surface area contributed by atoms with Gasteiger partial charge in [-0.15, -0.1) is 0 Å². The summed E-state index contributed by atoms with van der Waals surface area (Å²) in [7, 11) is 0. The highest BCUT2D eigenvalue weighted by Gasteiger charge is 2.10. The summed E-state index contributed by atoms with van der Waals surface area (Å²) in [6.45, 7) is 1.93. The molecule has 0 radical (unpaired) electrons. The normalized spacial score (nSPS) is 11.4. The van der Waals surface area contributed by atoms with E-state index in [1.165, 1.54) is 0 Å². The second-order valence-corrected chi connectivity index (χ2v) is 4.48. The predicted molar refractivity (Wildman–Crippen MR) is 80.4 cm³/mol. The van der Waals surface area contributed by atoms with Gasteiger partial charge >= 0.3 is 0 Å². The Labute approximate surface area is 120 Å².